The van der Waals surface area contributed by atoms with Gasteiger partial charge in [-0.25, -0.2) is 15.0 Å². The first kappa shape index (κ1) is 16.8. The number of anilines is 1. The summed E-state index contributed by atoms with van der Waals surface area (Å²) in [6.45, 7) is 0.825. The van der Waals surface area contributed by atoms with Gasteiger partial charge >= 0.3 is 0 Å². The van der Waals surface area contributed by atoms with Crippen LogP contribution in [0.1, 0.15) is 44.9 Å². The second-order valence-corrected chi connectivity index (χ2v) is 8.88. The normalized spacial score (nSPS) is 34.6. The first-order chi connectivity index (χ1) is 12.7. The van der Waals surface area contributed by atoms with E-state index in [0.29, 0.717) is 23.8 Å². The molecule has 0 amide bonds. The molecule has 6 nitrogen and oxygen atoms in total. The number of fused-ring (bicyclic) bond motifs is 3. The predicted molar refractivity (Wildman–Crippen MR) is 101 cm³/mol. The zero-order valence-corrected chi connectivity index (χ0v) is 15.6. The number of nitrogens with zero attached hydrogens (tertiary/aromatic N) is 4. The monoisotopic (exact) mass is 375 g/mol. The molecule has 26 heavy (non-hydrogen) atoms. The van der Waals surface area contributed by atoms with E-state index >= 15 is 0 Å². The minimum absolute atomic E-state index is 0.196. The molecular weight excluding hydrogens is 350 g/mol. The summed E-state index contributed by atoms with van der Waals surface area (Å²) in [7, 11) is 0. The van der Waals surface area contributed by atoms with Crippen LogP contribution in [-0.2, 0) is 6.54 Å². The predicted octanol–water partition coefficient (Wildman–Crippen LogP) is 3.20. The molecule has 0 aromatic carbocycles. The van der Waals surface area contributed by atoms with Crippen LogP contribution >= 0.6 is 11.6 Å². The summed E-state index contributed by atoms with van der Waals surface area (Å²) in [5.41, 5.74) is 1.73. The first-order valence-electron chi connectivity index (χ1n) is 9.95. The SMILES string of the molecule is OC1C[C@H]2[C@H](Cn3cnc4c(NC5CCCCC5)ncnc43)[C@@H]1C[C@@H]2Cl. The third kappa shape index (κ3) is 2.78. The van der Waals surface area contributed by atoms with Crippen LogP contribution in [0, 0.1) is 17.8 Å². The Labute approximate surface area is 158 Å². The number of aliphatic hydroxyl groups is 1. The highest BCUT2D eigenvalue weighted by atomic mass is 35.5. The molecule has 2 bridgehead atoms. The summed E-state index contributed by atoms with van der Waals surface area (Å²) in [5, 5.41) is 14.0. The summed E-state index contributed by atoms with van der Waals surface area (Å²) >= 11 is 6.49. The molecule has 0 saturated heterocycles. The quantitative estimate of drug-likeness (QED) is 0.802. The summed E-state index contributed by atoms with van der Waals surface area (Å²) in [6, 6.07) is 0.491. The van der Waals surface area contributed by atoms with Crippen molar-refractivity contribution in [2.24, 2.45) is 17.8 Å². The smallest absolute Gasteiger partial charge is 0.165 e. The van der Waals surface area contributed by atoms with Gasteiger partial charge in [0.15, 0.2) is 11.5 Å². The second-order valence-electron chi connectivity index (χ2n) is 8.32. The first-order valence-corrected chi connectivity index (χ1v) is 10.4. The van der Waals surface area contributed by atoms with E-state index in [1.54, 1.807) is 6.33 Å². The van der Waals surface area contributed by atoms with Crippen LogP contribution in [0.15, 0.2) is 12.7 Å². The summed E-state index contributed by atoms with van der Waals surface area (Å²) < 4.78 is 2.13. The largest absolute Gasteiger partial charge is 0.393 e. The minimum Gasteiger partial charge on any atom is -0.393 e. The molecule has 2 N–H and O–H groups in total. The number of halogens is 1. The number of aliphatic hydroxyl groups excluding tert-OH is 1. The highest BCUT2D eigenvalue weighted by molar-refractivity contribution is 6.21. The maximum atomic E-state index is 10.3. The molecule has 3 aliphatic carbocycles. The Morgan fingerprint density at radius 3 is 2.73 bits per heavy atom. The van der Waals surface area contributed by atoms with Crippen molar-refractivity contribution in [3.05, 3.63) is 12.7 Å². The second kappa shape index (κ2) is 6.64. The minimum atomic E-state index is -0.201. The van der Waals surface area contributed by atoms with E-state index < -0.39 is 0 Å². The third-order valence-corrected chi connectivity index (χ3v) is 7.33. The molecule has 0 spiro atoms. The van der Waals surface area contributed by atoms with E-state index in [2.05, 4.69) is 24.8 Å². The highest BCUT2D eigenvalue weighted by Gasteiger charge is 2.52. The van der Waals surface area contributed by atoms with Crippen LogP contribution in [0.3, 0.4) is 0 Å². The van der Waals surface area contributed by atoms with E-state index in [-0.39, 0.29) is 11.5 Å². The summed E-state index contributed by atoms with van der Waals surface area (Å²) in [5.74, 6) is 1.97. The van der Waals surface area contributed by atoms with E-state index in [0.717, 1.165) is 36.4 Å². The van der Waals surface area contributed by atoms with Gasteiger partial charge in [-0.3, -0.25) is 0 Å². The average molecular weight is 376 g/mol. The number of hydrogen-bond donors (Lipinski definition) is 2. The number of alkyl halides is 1. The van der Waals surface area contributed by atoms with Gasteiger partial charge < -0.3 is 15.0 Å². The molecule has 3 saturated carbocycles. The molecule has 0 radical (unpaired) electrons. The van der Waals surface area contributed by atoms with Gasteiger partial charge in [-0.15, -0.1) is 11.6 Å². The van der Waals surface area contributed by atoms with Gasteiger partial charge in [-0.1, -0.05) is 19.3 Å². The van der Waals surface area contributed by atoms with E-state index in [9.17, 15) is 5.11 Å². The van der Waals surface area contributed by atoms with Crippen LogP contribution in [0.2, 0.25) is 0 Å². The van der Waals surface area contributed by atoms with Crippen molar-refractivity contribution >= 4 is 28.6 Å². The maximum absolute atomic E-state index is 10.3. The maximum Gasteiger partial charge on any atom is 0.165 e. The highest BCUT2D eigenvalue weighted by Crippen LogP contribution is 2.52. The van der Waals surface area contributed by atoms with Crippen molar-refractivity contribution in [1.29, 1.82) is 0 Å². The zero-order valence-electron chi connectivity index (χ0n) is 14.9. The van der Waals surface area contributed by atoms with Crippen LogP contribution in [-0.4, -0.2) is 42.1 Å². The lowest BCUT2D eigenvalue weighted by Gasteiger charge is -2.23. The van der Waals surface area contributed by atoms with E-state index in [4.69, 9.17) is 11.6 Å². The number of rotatable bonds is 4. The van der Waals surface area contributed by atoms with Crippen LogP contribution in [0.4, 0.5) is 5.82 Å². The van der Waals surface area contributed by atoms with Gasteiger partial charge in [0.05, 0.1) is 12.4 Å². The molecule has 3 aliphatic rings. The molecule has 2 aromatic heterocycles. The molecule has 2 heterocycles. The van der Waals surface area contributed by atoms with Gasteiger partial charge in [0, 0.05) is 18.0 Å². The Bertz CT molecular complexity index is 773. The fourth-order valence-corrected chi connectivity index (χ4v) is 5.97. The van der Waals surface area contributed by atoms with Crippen LogP contribution in [0.5, 0.6) is 0 Å². The lowest BCUT2D eigenvalue weighted by molar-refractivity contribution is 0.106. The van der Waals surface area contributed by atoms with Crippen LogP contribution in [0.25, 0.3) is 11.2 Å². The Hall–Kier alpha value is -1.40. The number of aromatic nitrogens is 4. The Balaban J connectivity index is 1.39. The fourth-order valence-electron chi connectivity index (χ4n) is 5.47. The van der Waals surface area contributed by atoms with Crippen molar-refractivity contribution in [2.45, 2.75) is 69.0 Å². The molecule has 2 aromatic rings. The topological polar surface area (TPSA) is 75.9 Å². The molecular formula is C19H26ClN5O. The molecule has 1 unspecified atom stereocenters. The molecule has 3 fully saturated rings. The number of nitrogens with one attached hydrogen (secondary N) is 1. The van der Waals surface area contributed by atoms with Gasteiger partial charge in [-0.05, 0) is 43.4 Å². The van der Waals surface area contributed by atoms with Crippen molar-refractivity contribution in [2.75, 3.05) is 5.32 Å². The number of hydrogen-bond acceptors (Lipinski definition) is 5. The Kier molecular flexibility index (Phi) is 4.28. The van der Waals surface area contributed by atoms with Crippen molar-refractivity contribution < 1.29 is 5.11 Å². The molecule has 0 aliphatic heterocycles. The van der Waals surface area contributed by atoms with Gasteiger partial charge in [0.25, 0.3) is 0 Å². The summed E-state index contributed by atoms with van der Waals surface area (Å²) in [6.07, 6.45) is 11.4. The lowest BCUT2D eigenvalue weighted by atomic mass is 9.95. The van der Waals surface area contributed by atoms with E-state index in [1.807, 2.05) is 6.33 Å². The van der Waals surface area contributed by atoms with Crippen molar-refractivity contribution in [3.8, 4) is 0 Å². The average Bonchev–Trinajstić information content (AvgIpc) is 3.29. The van der Waals surface area contributed by atoms with Crippen molar-refractivity contribution in [3.63, 3.8) is 0 Å². The van der Waals surface area contributed by atoms with Gasteiger partial charge in [0.1, 0.15) is 11.8 Å². The Morgan fingerprint density at radius 2 is 1.96 bits per heavy atom. The van der Waals surface area contributed by atoms with Crippen molar-refractivity contribution in [1.82, 2.24) is 19.5 Å². The fraction of sp³-hybridized carbons (Fsp3) is 0.737. The third-order valence-electron chi connectivity index (χ3n) is 6.82. The zero-order chi connectivity index (χ0) is 17.7. The van der Waals surface area contributed by atoms with Crippen LogP contribution < -0.4 is 5.32 Å². The number of imidazole rings is 1. The standard InChI is InChI=1S/C19H26ClN5O/c20-15-6-13-14(12(15)7-16(13)26)8-25-10-23-17-18(21-9-22-19(17)25)24-11-4-2-1-3-5-11/h9-16,26H,1-8H2,(H,21,22,24)/t12-,13-,14-,15-,16?/m0/s1. The molecule has 5 rings (SSSR count). The van der Waals surface area contributed by atoms with Gasteiger partial charge in [-0.2, -0.15) is 0 Å². The lowest BCUT2D eigenvalue weighted by Crippen LogP contribution is -2.23. The molecule has 7 heteroatoms. The van der Waals surface area contributed by atoms with Gasteiger partial charge in [0.2, 0.25) is 0 Å². The molecule has 5 atom stereocenters. The Morgan fingerprint density at radius 1 is 1.12 bits per heavy atom. The summed E-state index contributed by atoms with van der Waals surface area (Å²) in [4.78, 5) is 13.6. The molecule has 140 valence electrons. The van der Waals surface area contributed by atoms with E-state index in [1.165, 1.54) is 32.1 Å².